The van der Waals surface area contributed by atoms with Crippen LogP contribution in [-0.4, -0.2) is 16.5 Å². The summed E-state index contributed by atoms with van der Waals surface area (Å²) < 4.78 is 0. The van der Waals surface area contributed by atoms with E-state index in [2.05, 4.69) is 25.8 Å². The zero-order chi connectivity index (χ0) is 16.5. The van der Waals surface area contributed by atoms with Gasteiger partial charge in [-0.1, -0.05) is 37.0 Å². The molecule has 0 amide bonds. The summed E-state index contributed by atoms with van der Waals surface area (Å²) in [5.41, 5.74) is 1.78. The minimum absolute atomic E-state index is 0.0645. The maximum atomic E-state index is 11.8. The molecule has 0 heterocycles. The highest BCUT2D eigenvalue weighted by molar-refractivity contribution is 5.92. The summed E-state index contributed by atoms with van der Waals surface area (Å²) in [5.74, 6) is 4.00. The molecule has 5 atom stereocenters. The monoisotopic (exact) mass is 310 g/mol. The number of allylic oxidation sites excluding steroid dienone is 4. The normalized spacial score (nSPS) is 48.5. The third kappa shape index (κ3) is 1.78. The molecule has 2 fully saturated rings. The molecular weight excluding hydrogens is 284 g/mol. The van der Waals surface area contributed by atoms with Gasteiger partial charge in [0.05, 0.1) is 0 Å². The van der Waals surface area contributed by atoms with E-state index < -0.39 is 5.60 Å². The fourth-order valence-corrected chi connectivity index (χ4v) is 6.11. The van der Waals surface area contributed by atoms with Crippen molar-refractivity contribution in [1.29, 1.82) is 0 Å². The van der Waals surface area contributed by atoms with Crippen molar-refractivity contribution in [2.24, 2.45) is 22.7 Å². The second kappa shape index (κ2) is 4.61. The van der Waals surface area contributed by atoms with Crippen molar-refractivity contribution >= 4 is 5.78 Å². The molecule has 4 aliphatic carbocycles. The molecule has 0 radical (unpaired) electrons. The Kier molecular flexibility index (Phi) is 3.05. The van der Waals surface area contributed by atoms with Gasteiger partial charge in [0.15, 0.2) is 5.78 Å². The van der Waals surface area contributed by atoms with Crippen molar-refractivity contribution < 1.29 is 9.90 Å². The quantitative estimate of drug-likeness (QED) is 0.546. The number of aliphatic hydroxyl groups is 1. The second-order valence-electron chi connectivity index (χ2n) is 8.54. The third-order valence-corrected chi connectivity index (χ3v) is 7.73. The largest absolute Gasteiger partial charge is 0.377 e. The van der Waals surface area contributed by atoms with Gasteiger partial charge < -0.3 is 5.11 Å². The maximum Gasteiger partial charge on any atom is 0.155 e. The molecule has 23 heavy (non-hydrogen) atoms. The molecule has 2 nitrogen and oxygen atoms in total. The molecule has 0 bridgehead atoms. The van der Waals surface area contributed by atoms with Gasteiger partial charge in [0, 0.05) is 17.3 Å². The molecule has 0 aromatic carbocycles. The Balaban J connectivity index is 1.78. The molecule has 0 aliphatic heterocycles. The first-order valence-electron chi connectivity index (χ1n) is 8.99. The van der Waals surface area contributed by atoms with E-state index in [1.165, 1.54) is 11.1 Å². The summed E-state index contributed by atoms with van der Waals surface area (Å²) in [4.78, 5) is 11.8. The van der Waals surface area contributed by atoms with Crippen LogP contribution in [0.2, 0.25) is 0 Å². The van der Waals surface area contributed by atoms with Crippen LogP contribution in [0.25, 0.3) is 0 Å². The van der Waals surface area contributed by atoms with Crippen LogP contribution in [0.1, 0.15) is 58.8 Å². The lowest BCUT2D eigenvalue weighted by Crippen LogP contribution is -2.50. The van der Waals surface area contributed by atoms with Crippen LogP contribution < -0.4 is 0 Å². The molecule has 0 aromatic heterocycles. The molecule has 0 aromatic rings. The van der Waals surface area contributed by atoms with Gasteiger partial charge in [-0.15, -0.1) is 6.42 Å². The minimum atomic E-state index is -0.959. The molecule has 0 unspecified atom stereocenters. The van der Waals surface area contributed by atoms with E-state index in [4.69, 9.17) is 6.42 Å². The first-order chi connectivity index (χ1) is 10.8. The molecule has 1 N–H and O–H groups in total. The van der Waals surface area contributed by atoms with Gasteiger partial charge in [-0.25, -0.2) is 0 Å². The molecule has 2 heteroatoms. The fraction of sp³-hybridized carbons (Fsp3) is 0.667. The van der Waals surface area contributed by atoms with E-state index in [1.807, 2.05) is 6.08 Å². The molecular formula is C21H26O2. The van der Waals surface area contributed by atoms with Crippen LogP contribution in [-0.2, 0) is 4.79 Å². The van der Waals surface area contributed by atoms with Crippen LogP contribution >= 0.6 is 0 Å². The number of ketones is 1. The topological polar surface area (TPSA) is 37.3 Å². The van der Waals surface area contributed by atoms with Crippen LogP contribution in [0.4, 0.5) is 0 Å². The Hall–Kier alpha value is -1.33. The van der Waals surface area contributed by atoms with Crippen LogP contribution in [0.15, 0.2) is 23.3 Å². The number of fused-ring (bicyclic) bond motifs is 5. The number of rotatable bonds is 0. The van der Waals surface area contributed by atoms with Crippen molar-refractivity contribution in [2.45, 2.75) is 64.4 Å². The Morgan fingerprint density at radius 3 is 2.78 bits per heavy atom. The first kappa shape index (κ1) is 15.2. The van der Waals surface area contributed by atoms with E-state index in [1.54, 1.807) is 0 Å². The van der Waals surface area contributed by atoms with E-state index in [-0.39, 0.29) is 10.8 Å². The van der Waals surface area contributed by atoms with Crippen molar-refractivity contribution in [3.63, 3.8) is 0 Å². The van der Waals surface area contributed by atoms with Crippen molar-refractivity contribution in [3.8, 4) is 12.3 Å². The standard InChI is InChI=1S/C21H26O2/c1-4-21(23)12-9-18-16-6-5-14-13-15(22)7-10-19(14,2)17(16)8-11-20(18,21)3/h1,8,13,16,18,23H,5-7,9-12H2,2-3H3/t16-,18-,19+,20-,21+/m1/s1. The average molecular weight is 310 g/mol. The number of carbonyl (C=O) groups is 1. The fourth-order valence-electron chi connectivity index (χ4n) is 6.11. The van der Waals surface area contributed by atoms with E-state index >= 15 is 0 Å². The van der Waals surface area contributed by atoms with E-state index in [0.717, 1.165) is 38.5 Å². The number of hydrogen-bond acceptors (Lipinski definition) is 2. The van der Waals surface area contributed by atoms with Gasteiger partial charge in [0.1, 0.15) is 5.60 Å². The Labute approximate surface area is 139 Å². The summed E-state index contributed by atoms with van der Waals surface area (Å²) in [6.45, 7) is 4.52. The first-order valence-corrected chi connectivity index (χ1v) is 8.99. The van der Waals surface area contributed by atoms with Gasteiger partial charge in [0.25, 0.3) is 0 Å². The zero-order valence-electron chi connectivity index (χ0n) is 14.2. The van der Waals surface area contributed by atoms with Crippen LogP contribution in [0.5, 0.6) is 0 Å². The molecule has 0 spiro atoms. The number of terminal acetylenes is 1. The molecule has 4 aliphatic rings. The smallest absolute Gasteiger partial charge is 0.155 e. The maximum absolute atomic E-state index is 11.8. The highest BCUT2D eigenvalue weighted by atomic mass is 16.3. The predicted molar refractivity (Wildman–Crippen MR) is 90.5 cm³/mol. The van der Waals surface area contributed by atoms with Crippen molar-refractivity contribution in [1.82, 2.24) is 0 Å². The lowest BCUT2D eigenvalue weighted by atomic mass is 9.51. The molecule has 122 valence electrons. The lowest BCUT2D eigenvalue weighted by molar-refractivity contribution is -0.115. The van der Waals surface area contributed by atoms with Gasteiger partial charge >= 0.3 is 0 Å². The lowest BCUT2D eigenvalue weighted by Gasteiger charge is -2.54. The summed E-state index contributed by atoms with van der Waals surface area (Å²) in [6.07, 6.45) is 16.3. The average Bonchev–Trinajstić information content (AvgIpc) is 2.80. The van der Waals surface area contributed by atoms with Gasteiger partial charge in [0.2, 0.25) is 0 Å². The SMILES string of the molecule is C#C[C@]1(O)CC[C@@H]2[C@@H]3CCC4=CC(=O)CC[C@]4(C)C3=CC[C@]21C. The summed E-state index contributed by atoms with van der Waals surface area (Å²) >= 11 is 0. The van der Waals surface area contributed by atoms with Crippen LogP contribution in [0, 0.1) is 35.0 Å². The van der Waals surface area contributed by atoms with Crippen LogP contribution in [0.3, 0.4) is 0 Å². The van der Waals surface area contributed by atoms with Gasteiger partial charge in [-0.3, -0.25) is 4.79 Å². The highest BCUT2D eigenvalue weighted by Gasteiger charge is 2.61. The molecule has 2 saturated carbocycles. The van der Waals surface area contributed by atoms with Gasteiger partial charge in [-0.05, 0) is 56.4 Å². The Morgan fingerprint density at radius 1 is 1.26 bits per heavy atom. The number of carbonyl (C=O) groups excluding carboxylic acids is 1. The molecule has 0 saturated heterocycles. The third-order valence-electron chi connectivity index (χ3n) is 7.73. The highest BCUT2D eigenvalue weighted by Crippen LogP contribution is 2.65. The minimum Gasteiger partial charge on any atom is -0.377 e. The van der Waals surface area contributed by atoms with Crippen molar-refractivity contribution in [3.05, 3.63) is 23.3 Å². The summed E-state index contributed by atoms with van der Waals surface area (Å²) in [5, 5.41) is 11.0. The summed E-state index contributed by atoms with van der Waals surface area (Å²) in [6, 6.07) is 0. The molecule has 4 rings (SSSR count). The van der Waals surface area contributed by atoms with Gasteiger partial charge in [-0.2, -0.15) is 0 Å². The Morgan fingerprint density at radius 2 is 2.04 bits per heavy atom. The Bertz CT molecular complexity index is 678. The predicted octanol–water partition coefficient (Wildman–Crippen LogP) is 3.80. The van der Waals surface area contributed by atoms with Crippen molar-refractivity contribution in [2.75, 3.05) is 0 Å². The number of hydrogen-bond donors (Lipinski definition) is 1. The zero-order valence-corrected chi connectivity index (χ0v) is 14.2. The summed E-state index contributed by atoms with van der Waals surface area (Å²) in [7, 11) is 0. The van der Waals surface area contributed by atoms with E-state index in [0.29, 0.717) is 24.0 Å². The second-order valence-corrected chi connectivity index (χ2v) is 8.54. The van der Waals surface area contributed by atoms with E-state index in [9.17, 15) is 9.90 Å².